The first-order valence-corrected chi connectivity index (χ1v) is 10.5. The average Bonchev–Trinajstić information content (AvgIpc) is 3.50. The molecule has 2 aromatic heterocycles. The fourth-order valence-corrected chi connectivity index (χ4v) is 4.43. The molecule has 0 radical (unpaired) electrons. The van der Waals surface area contributed by atoms with Gasteiger partial charge in [0, 0.05) is 36.3 Å². The maximum Gasteiger partial charge on any atom is 0.256 e. The second kappa shape index (κ2) is 7.84. The van der Waals surface area contributed by atoms with Crippen LogP contribution in [-0.2, 0) is 6.54 Å². The van der Waals surface area contributed by atoms with Crippen molar-refractivity contribution in [1.29, 1.82) is 0 Å². The largest absolute Gasteiger partial charge is 0.454 e. The average molecular weight is 411 g/mol. The second-order valence-electron chi connectivity index (χ2n) is 7.12. The van der Waals surface area contributed by atoms with Crippen molar-refractivity contribution in [2.75, 3.05) is 25.2 Å². The first-order valence-electron chi connectivity index (χ1n) is 9.61. The molecule has 4 heterocycles. The van der Waals surface area contributed by atoms with E-state index in [4.69, 9.17) is 9.47 Å². The number of piperidine rings is 1. The van der Waals surface area contributed by atoms with Gasteiger partial charge in [-0.25, -0.2) is 9.67 Å². The van der Waals surface area contributed by atoms with E-state index >= 15 is 0 Å². The molecule has 150 valence electrons. The molecule has 1 saturated heterocycles. The highest BCUT2D eigenvalue weighted by atomic mass is 32.1. The van der Waals surface area contributed by atoms with Crippen LogP contribution in [0.1, 0.15) is 34.2 Å². The number of rotatable bonds is 5. The quantitative estimate of drug-likeness (QED) is 0.695. The number of amides is 1. The van der Waals surface area contributed by atoms with Gasteiger partial charge in [0.1, 0.15) is 10.8 Å². The van der Waals surface area contributed by atoms with E-state index < -0.39 is 0 Å². The van der Waals surface area contributed by atoms with E-state index in [0.29, 0.717) is 22.9 Å². The lowest BCUT2D eigenvalue weighted by atomic mass is 10.1. The third-order valence-electron chi connectivity index (χ3n) is 5.29. The molecule has 0 atom stereocenters. The molecule has 0 bridgehead atoms. The molecule has 0 aliphatic carbocycles. The lowest BCUT2D eigenvalue weighted by Gasteiger charge is -2.32. The van der Waals surface area contributed by atoms with Gasteiger partial charge in [0.25, 0.3) is 5.91 Å². The van der Waals surface area contributed by atoms with E-state index in [2.05, 4.69) is 20.3 Å². The fraction of sp³-hybridized carbons (Fsp3) is 0.350. The molecule has 0 saturated carbocycles. The number of thiazole rings is 1. The molecular formula is C20H21N5O3S. The number of ether oxygens (including phenoxy) is 2. The maximum atomic E-state index is 12.7. The summed E-state index contributed by atoms with van der Waals surface area (Å²) in [4.78, 5) is 19.5. The number of hydrogen-bond donors (Lipinski definition) is 1. The third kappa shape index (κ3) is 3.83. The van der Waals surface area contributed by atoms with Crippen LogP contribution in [0, 0.1) is 0 Å². The monoisotopic (exact) mass is 411 g/mol. The number of anilines is 1. The Bertz CT molecular complexity index is 995. The minimum Gasteiger partial charge on any atom is -0.454 e. The first-order chi connectivity index (χ1) is 14.3. The van der Waals surface area contributed by atoms with Crippen molar-refractivity contribution in [3.63, 3.8) is 0 Å². The SMILES string of the molecule is O=C(Nc1ccnn1C1CCN(Cc2nccs2)CC1)c1ccc2c(c1)OCO2. The molecule has 29 heavy (non-hydrogen) atoms. The van der Waals surface area contributed by atoms with Gasteiger partial charge in [-0.1, -0.05) is 0 Å². The van der Waals surface area contributed by atoms with E-state index in [1.54, 1.807) is 35.7 Å². The molecule has 1 aromatic carbocycles. The van der Waals surface area contributed by atoms with Crippen LogP contribution in [0.3, 0.4) is 0 Å². The van der Waals surface area contributed by atoms with Gasteiger partial charge in [-0.05, 0) is 31.0 Å². The van der Waals surface area contributed by atoms with Gasteiger partial charge < -0.3 is 14.8 Å². The van der Waals surface area contributed by atoms with Gasteiger partial charge in [-0.15, -0.1) is 11.3 Å². The number of fused-ring (bicyclic) bond motifs is 1. The van der Waals surface area contributed by atoms with Crippen LogP contribution in [0.4, 0.5) is 5.82 Å². The minimum absolute atomic E-state index is 0.189. The standard InChI is InChI=1S/C20H21N5O3S/c26-20(14-1-2-16-17(11-14)28-13-27-16)23-18-3-6-22-25(18)15-4-8-24(9-5-15)12-19-21-7-10-29-19/h1-3,6-7,10-11,15H,4-5,8-9,12-13H2,(H,23,26). The number of nitrogens with zero attached hydrogens (tertiary/aromatic N) is 4. The van der Waals surface area contributed by atoms with E-state index in [-0.39, 0.29) is 18.7 Å². The fourth-order valence-electron chi connectivity index (χ4n) is 3.77. The van der Waals surface area contributed by atoms with Gasteiger partial charge in [0.2, 0.25) is 6.79 Å². The van der Waals surface area contributed by atoms with Crippen LogP contribution in [0.25, 0.3) is 0 Å². The van der Waals surface area contributed by atoms with E-state index in [1.807, 2.05) is 22.3 Å². The van der Waals surface area contributed by atoms with Gasteiger partial charge in [0.05, 0.1) is 18.8 Å². The first kappa shape index (κ1) is 18.1. The zero-order chi connectivity index (χ0) is 19.6. The Morgan fingerprint density at radius 1 is 1.17 bits per heavy atom. The lowest BCUT2D eigenvalue weighted by molar-refractivity contribution is 0.102. The second-order valence-corrected chi connectivity index (χ2v) is 8.10. The van der Waals surface area contributed by atoms with Gasteiger partial charge in [-0.3, -0.25) is 9.69 Å². The molecule has 1 amide bonds. The van der Waals surface area contributed by atoms with Gasteiger partial charge in [0.15, 0.2) is 11.5 Å². The Labute approximate surface area is 172 Å². The van der Waals surface area contributed by atoms with Crippen molar-refractivity contribution in [2.24, 2.45) is 0 Å². The van der Waals surface area contributed by atoms with Gasteiger partial charge >= 0.3 is 0 Å². The van der Waals surface area contributed by atoms with E-state index in [9.17, 15) is 4.79 Å². The highest BCUT2D eigenvalue weighted by Crippen LogP contribution is 2.33. The molecule has 9 heteroatoms. The molecule has 8 nitrogen and oxygen atoms in total. The highest BCUT2D eigenvalue weighted by Gasteiger charge is 2.24. The van der Waals surface area contributed by atoms with Crippen LogP contribution in [0.2, 0.25) is 0 Å². The Balaban J connectivity index is 1.22. The van der Waals surface area contributed by atoms with Crippen molar-refractivity contribution in [3.05, 3.63) is 52.6 Å². The van der Waals surface area contributed by atoms with Crippen LogP contribution >= 0.6 is 11.3 Å². The Hall–Kier alpha value is -2.91. The van der Waals surface area contributed by atoms with Crippen LogP contribution in [-0.4, -0.2) is 45.5 Å². The Morgan fingerprint density at radius 3 is 2.86 bits per heavy atom. The summed E-state index contributed by atoms with van der Waals surface area (Å²) in [6.07, 6.45) is 5.56. The number of carbonyl (C=O) groups is 1. The molecular weight excluding hydrogens is 390 g/mol. The smallest absolute Gasteiger partial charge is 0.256 e. The highest BCUT2D eigenvalue weighted by molar-refractivity contribution is 7.09. The van der Waals surface area contributed by atoms with Crippen molar-refractivity contribution in [3.8, 4) is 11.5 Å². The summed E-state index contributed by atoms with van der Waals surface area (Å²) in [6, 6.07) is 7.31. The van der Waals surface area contributed by atoms with Crippen molar-refractivity contribution in [1.82, 2.24) is 19.7 Å². The molecule has 1 N–H and O–H groups in total. The summed E-state index contributed by atoms with van der Waals surface area (Å²) in [5.41, 5.74) is 0.528. The molecule has 5 rings (SSSR count). The Morgan fingerprint density at radius 2 is 2.03 bits per heavy atom. The van der Waals surface area contributed by atoms with Crippen LogP contribution in [0.15, 0.2) is 42.0 Å². The number of aromatic nitrogens is 3. The summed E-state index contributed by atoms with van der Waals surface area (Å²) >= 11 is 1.70. The summed E-state index contributed by atoms with van der Waals surface area (Å²) in [5, 5.41) is 10.6. The van der Waals surface area contributed by atoms with Crippen LogP contribution in [0.5, 0.6) is 11.5 Å². The topological polar surface area (TPSA) is 81.5 Å². The summed E-state index contributed by atoms with van der Waals surface area (Å²) in [6.45, 7) is 3.06. The van der Waals surface area contributed by atoms with Crippen molar-refractivity contribution < 1.29 is 14.3 Å². The Kier molecular flexibility index (Phi) is 4.91. The number of carbonyl (C=O) groups excluding carboxylic acids is 1. The maximum absolute atomic E-state index is 12.7. The molecule has 2 aliphatic heterocycles. The zero-order valence-electron chi connectivity index (χ0n) is 15.8. The van der Waals surface area contributed by atoms with E-state index in [0.717, 1.165) is 37.5 Å². The van der Waals surface area contributed by atoms with Crippen molar-refractivity contribution in [2.45, 2.75) is 25.4 Å². The predicted octanol–water partition coefficient (Wildman–Crippen LogP) is 3.16. The predicted molar refractivity (Wildman–Crippen MR) is 108 cm³/mol. The van der Waals surface area contributed by atoms with Gasteiger partial charge in [-0.2, -0.15) is 5.10 Å². The summed E-state index contributed by atoms with van der Waals surface area (Å²) in [5.74, 6) is 1.78. The zero-order valence-corrected chi connectivity index (χ0v) is 16.6. The molecule has 3 aromatic rings. The lowest BCUT2D eigenvalue weighted by Crippen LogP contribution is -2.35. The normalized spacial score (nSPS) is 16.8. The van der Waals surface area contributed by atoms with E-state index in [1.165, 1.54) is 0 Å². The molecule has 0 unspecified atom stereocenters. The molecule has 1 fully saturated rings. The number of nitrogens with one attached hydrogen (secondary N) is 1. The van der Waals surface area contributed by atoms with Crippen molar-refractivity contribution >= 4 is 23.1 Å². The third-order valence-corrected chi connectivity index (χ3v) is 6.06. The number of hydrogen-bond acceptors (Lipinski definition) is 7. The summed E-state index contributed by atoms with van der Waals surface area (Å²) < 4.78 is 12.6. The molecule has 0 spiro atoms. The molecule has 2 aliphatic rings. The minimum atomic E-state index is -0.189. The van der Waals surface area contributed by atoms with Crippen LogP contribution < -0.4 is 14.8 Å². The number of benzene rings is 1. The number of likely N-dealkylation sites (tertiary alicyclic amines) is 1. The summed E-state index contributed by atoms with van der Waals surface area (Å²) in [7, 11) is 0.